The largest absolute Gasteiger partial charge is 0.210 e. The fourth-order valence-electron chi connectivity index (χ4n) is 1.07. The summed E-state index contributed by atoms with van der Waals surface area (Å²) in [6.07, 6.45) is 0. The van der Waals surface area contributed by atoms with E-state index < -0.39 is 0 Å². The van der Waals surface area contributed by atoms with Crippen LogP contribution in [0.15, 0.2) is 34.5 Å². The number of hydrogen-bond acceptors (Lipinski definition) is 2. The normalized spacial score (nSPS) is 14.9. The minimum atomic E-state index is 0.586. The maximum Gasteiger partial charge on any atom is 0.185 e. The van der Waals surface area contributed by atoms with Gasteiger partial charge in [0.1, 0.15) is 5.84 Å². The molecule has 4 heteroatoms. The highest BCUT2D eigenvalue weighted by molar-refractivity contribution is 6.34. The lowest BCUT2D eigenvalue weighted by atomic mass is 10.2. The van der Waals surface area contributed by atoms with Crippen LogP contribution in [0.4, 0.5) is 0 Å². The Kier molecular flexibility index (Phi) is 2.02. The summed E-state index contributed by atoms with van der Waals surface area (Å²) in [6, 6.07) is 7.45. The average Bonchev–Trinajstić information content (AvgIpc) is 2.53. The minimum absolute atomic E-state index is 0.586. The summed E-state index contributed by atoms with van der Waals surface area (Å²) < 4.78 is 0. The topological polar surface area (TPSA) is 38.8 Å². The Balaban J connectivity index is 2.34. The molecule has 2 rings (SSSR count). The molecule has 0 saturated heterocycles. The zero-order valence-electron chi connectivity index (χ0n) is 7.03. The zero-order chi connectivity index (χ0) is 9.26. The molecule has 65 valence electrons. The third kappa shape index (κ3) is 1.55. The molecule has 3 nitrogen and oxygen atoms in total. The van der Waals surface area contributed by atoms with E-state index in [2.05, 4.69) is 15.5 Å². The molecule has 1 heterocycles. The van der Waals surface area contributed by atoms with E-state index >= 15 is 0 Å². The fraction of sp³-hybridized carbons (Fsp3) is 0.111. The molecule has 1 radical (unpaired) electrons. The van der Waals surface area contributed by atoms with Crippen LogP contribution in [-0.4, -0.2) is 11.7 Å². The smallest absolute Gasteiger partial charge is 0.185 e. The monoisotopic (exact) mass is 192 g/mol. The molecule has 1 aromatic rings. The van der Waals surface area contributed by atoms with E-state index in [1.165, 1.54) is 0 Å². The van der Waals surface area contributed by atoms with Gasteiger partial charge in [-0.25, -0.2) is 5.32 Å². The number of amidine groups is 2. The molecule has 0 bridgehead atoms. The van der Waals surface area contributed by atoms with Gasteiger partial charge in [0.25, 0.3) is 0 Å². The van der Waals surface area contributed by atoms with Gasteiger partial charge in [-0.2, -0.15) is 0 Å². The van der Waals surface area contributed by atoms with Crippen molar-refractivity contribution in [1.29, 1.82) is 0 Å². The van der Waals surface area contributed by atoms with Crippen LogP contribution in [0.2, 0.25) is 5.02 Å². The summed E-state index contributed by atoms with van der Waals surface area (Å²) in [4.78, 5) is 0. The van der Waals surface area contributed by atoms with Crippen molar-refractivity contribution in [2.24, 2.45) is 10.2 Å². The van der Waals surface area contributed by atoms with Crippen molar-refractivity contribution >= 4 is 23.3 Å². The van der Waals surface area contributed by atoms with Crippen molar-refractivity contribution in [3.63, 3.8) is 0 Å². The number of hydrogen-bond donors (Lipinski definition) is 0. The van der Waals surface area contributed by atoms with Gasteiger partial charge < -0.3 is 0 Å². The van der Waals surface area contributed by atoms with E-state index in [0.717, 1.165) is 5.56 Å². The maximum absolute atomic E-state index is 5.96. The first-order chi connectivity index (χ1) is 6.27. The Labute approximate surface area is 81.1 Å². The van der Waals surface area contributed by atoms with Gasteiger partial charge in [0.05, 0.1) is 5.02 Å². The summed E-state index contributed by atoms with van der Waals surface area (Å²) in [5, 5.41) is 12.5. The summed E-state index contributed by atoms with van der Waals surface area (Å²) in [7, 11) is 0. The Morgan fingerprint density at radius 2 is 1.92 bits per heavy atom. The van der Waals surface area contributed by atoms with E-state index in [1.807, 2.05) is 24.3 Å². The quantitative estimate of drug-likeness (QED) is 0.653. The lowest BCUT2D eigenvalue weighted by molar-refractivity contribution is 1.26. The molecule has 0 spiro atoms. The van der Waals surface area contributed by atoms with E-state index in [4.69, 9.17) is 11.6 Å². The van der Waals surface area contributed by atoms with Gasteiger partial charge in [-0.3, -0.25) is 0 Å². The number of rotatable bonds is 1. The van der Waals surface area contributed by atoms with Gasteiger partial charge >= 0.3 is 0 Å². The SMILES string of the molecule is CC1=NN=C(c2ccccc2Cl)[N]1. The highest BCUT2D eigenvalue weighted by atomic mass is 35.5. The molecular formula is C9H7ClN3. The van der Waals surface area contributed by atoms with Gasteiger partial charge in [0.2, 0.25) is 0 Å². The molecule has 1 aliphatic heterocycles. The molecule has 0 amide bonds. The van der Waals surface area contributed by atoms with Crippen LogP contribution in [0.1, 0.15) is 12.5 Å². The summed E-state index contributed by atoms with van der Waals surface area (Å²) in [5.41, 5.74) is 0.824. The molecule has 1 aromatic carbocycles. The molecule has 0 fully saturated rings. The van der Waals surface area contributed by atoms with Crippen LogP contribution in [0, 0.1) is 0 Å². The van der Waals surface area contributed by atoms with Crippen molar-refractivity contribution in [2.75, 3.05) is 0 Å². The second-order valence-electron chi connectivity index (χ2n) is 2.66. The molecule has 0 unspecified atom stereocenters. The highest BCUT2D eigenvalue weighted by Gasteiger charge is 2.14. The lowest BCUT2D eigenvalue weighted by Crippen LogP contribution is -2.16. The fourth-order valence-corrected chi connectivity index (χ4v) is 1.29. The molecular weight excluding hydrogens is 186 g/mol. The van der Waals surface area contributed by atoms with Crippen molar-refractivity contribution in [3.05, 3.63) is 34.9 Å². The predicted molar refractivity (Wildman–Crippen MR) is 53.2 cm³/mol. The first kappa shape index (κ1) is 8.26. The average molecular weight is 193 g/mol. The Morgan fingerprint density at radius 1 is 1.15 bits per heavy atom. The number of halogens is 1. The first-order valence-electron chi connectivity index (χ1n) is 3.86. The Hall–Kier alpha value is -1.35. The Bertz CT molecular complexity index is 396. The van der Waals surface area contributed by atoms with E-state index in [-0.39, 0.29) is 0 Å². The van der Waals surface area contributed by atoms with Crippen LogP contribution < -0.4 is 5.32 Å². The highest BCUT2D eigenvalue weighted by Crippen LogP contribution is 2.16. The van der Waals surface area contributed by atoms with E-state index in [1.54, 1.807) is 6.92 Å². The van der Waals surface area contributed by atoms with Crippen molar-refractivity contribution in [3.8, 4) is 0 Å². The molecule has 0 N–H and O–H groups in total. The number of nitrogens with zero attached hydrogens (tertiary/aromatic N) is 3. The summed E-state index contributed by atoms with van der Waals surface area (Å²) >= 11 is 5.96. The molecule has 0 atom stereocenters. The van der Waals surface area contributed by atoms with Gasteiger partial charge in [-0.15, -0.1) is 10.2 Å². The molecule has 13 heavy (non-hydrogen) atoms. The standard InChI is InChI=1S/C9H7ClN3/c1-6-11-9(13-12-6)7-4-2-3-5-8(7)10/h2-5H,1H3. The van der Waals surface area contributed by atoms with Crippen molar-refractivity contribution in [2.45, 2.75) is 6.92 Å². The summed E-state index contributed by atoms with van der Waals surface area (Å²) in [6.45, 7) is 1.80. The van der Waals surface area contributed by atoms with Gasteiger partial charge in [-0.1, -0.05) is 23.7 Å². The van der Waals surface area contributed by atoms with Gasteiger partial charge in [0.15, 0.2) is 5.84 Å². The van der Waals surface area contributed by atoms with Crippen molar-refractivity contribution in [1.82, 2.24) is 5.32 Å². The van der Waals surface area contributed by atoms with Gasteiger partial charge in [-0.05, 0) is 19.1 Å². The second kappa shape index (κ2) is 3.18. The molecule has 0 saturated carbocycles. The lowest BCUT2D eigenvalue weighted by Gasteiger charge is -2.00. The van der Waals surface area contributed by atoms with Crippen LogP contribution in [0.3, 0.4) is 0 Å². The van der Waals surface area contributed by atoms with Crippen LogP contribution in [0.5, 0.6) is 0 Å². The minimum Gasteiger partial charge on any atom is -0.210 e. The third-order valence-corrected chi connectivity index (χ3v) is 2.00. The molecule has 0 aromatic heterocycles. The van der Waals surface area contributed by atoms with Gasteiger partial charge in [0, 0.05) is 5.56 Å². The molecule has 0 aliphatic carbocycles. The summed E-state index contributed by atoms with van der Waals surface area (Å²) in [5.74, 6) is 1.25. The zero-order valence-corrected chi connectivity index (χ0v) is 7.78. The third-order valence-electron chi connectivity index (χ3n) is 1.67. The van der Waals surface area contributed by atoms with E-state index in [9.17, 15) is 0 Å². The Morgan fingerprint density at radius 3 is 2.54 bits per heavy atom. The predicted octanol–water partition coefficient (Wildman–Crippen LogP) is 2.04. The second-order valence-corrected chi connectivity index (χ2v) is 3.07. The molecule has 1 aliphatic rings. The van der Waals surface area contributed by atoms with Crippen LogP contribution in [-0.2, 0) is 0 Å². The van der Waals surface area contributed by atoms with Crippen molar-refractivity contribution < 1.29 is 0 Å². The first-order valence-corrected chi connectivity index (χ1v) is 4.24. The van der Waals surface area contributed by atoms with Crippen LogP contribution >= 0.6 is 11.6 Å². The number of benzene rings is 1. The van der Waals surface area contributed by atoms with E-state index in [0.29, 0.717) is 16.7 Å². The maximum atomic E-state index is 5.96. The van der Waals surface area contributed by atoms with Crippen LogP contribution in [0.25, 0.3) is 0 Å².